The minimum atomic E-state index is -0.108. The van der Waals surface area contributed by atoms with Crippen molar-refractivity contribution in [1.29, 1.82) is 0 Å². The van der Waals surface area contributed by atoms with E-state index in [0.717, 1.165) is 19.5 Å². The van der Waals surface area contributed by atoms with Crippen molar-refractivity contribution in [3.05, 3.63) is 11.6 Å². The molecule has 0 atom stereocenters. The number of hydrogen-bond donors (Lipinski definition) is 1. The van der Waals surface area contributed by atoms with Gasteiger partial charge in [-0.2, -0.15) is 0 Å². The van der Waals surface area contributed by atoms with Gasteiger partial charge in [-0.05, 0) is 26.8 Å². The topological polar surface area (TPSA) is 38.3 Å². The van der Waals surface area contributed by atoms with E-state index in [-0.39, 0.29) is 12.1 Å². The minimum Gasteiger partial charge on any atom is -0.463 e. The molecule has 0 saturated carbocycles. The lowest BCUT2D eigenvalue weighted by Gasteiger charge is -2.14. The standard InChI is InChI=1S/C10H17NO2/c1-8(2)13-10(12)7-9-3-5-11-6-4-9/h3,8,11H,4-7H2,1-2H3. The second-order valence-electron chi connectivity index (χ2n) is 3.53. The third-order valence-corrected chi connectivity index (χ3v) is 1.90. The Hall–Kier alpha value is -0.830. The van der Waals surface area contributed by atoms with Crippen molar-refractivity contribution in [3.63, 3.8) is 0 Å². The first-order chi connectivity index (χ1) is 6.18. The largest absolute Gasteiger partial charge is 0.463 e. The molecule has 3 nitrogen and oxygen atoms in total. The molecule has 0 saturated heterocycles. The number of rotatable bonds is 3. The van der Waals surface area contributed by atoms with E-state index in [2.05, 4.69) is 11.4 Å². The lowest BCUT2D eigenvalue weighted by atomic mass is 10.1. The van der Waals surface area contributed by atoms with Crippen molar-refractivity contribution in [3.8, 4) is 0 Å². The fraction of sp³-hybridized carbons (Fsp3) is 0.700. The zero-order valence-electron chi connectivity index (χ0n) is 8.30. The van der Waals surface area contributed by atoms with Gasteiger partial charge in [0.2, 0.25) is 0 Å². The van der Waals surface area contributed by atoms with E-state index in [1.165, 1.54) is 5.57 Å². The molecule has 0 unspecified atom stereocenters. The molecule has 1 aliphatic rings. The molecular weight excluding hydrogens is 166 g/mol. The maximum absolute atomic E-state index is 11.2. The van der Waals surface area contributed by atoms with Crippen molar-refractivity contribution >= 4 is 5.97 Å². The maximum atomic E-state index is 11.2. The van der Waals surface area contributed by atoms with Crippen LogP contribution in [0.5, 0.6) is 0 Å². The van der Waals surface area contributed by atoms with Gasteiger partial charge >= 0.3 is 5.97 Å². The van der Waals surface area contributed by atoms with Crippen LogP contribution in [0.25, 0.3) is 0 Å². The molecule has 1 N–H and O–H groups in total. The predicted octanol–water partition coefficient (Wildman–Crippen LogP) is 1.25. The summed E-state index contributed by atoms with van der Waals surface area (Å²) in [6.07, 6.45) is 3.49. The van der Waals surface area contributed by atoms with Gasteiger partial charge in [0.1, 0.15) is 0 Å². The van der Waals surface area contributed by atoms with Crippen molar-refractivity contribution in [2.24, 2.45) is 0 Å². The molecular formula is C10H17NO2. The first kappa shape index (κ1) is 10.3. The number of nitrogens with one attached hydrogen (secondary N) is 1. The normalized spacial score (nSPS) is 17.0. The third kappa shape index (κ3) is 4.08. The number of esters is 1. The van der Waals surface area contributed by atoms with Gasteiger partial charge in [-0.3, -0.25) is 4.79 Å². The average Bonchev–Trinajstić information content (AvgIpc) is 2.04. The summed E-state index contributed by atoms with van der Waals surface area (Å²) in [5.74, 6) is -0.108. The molecule has 1 heterocycles. The minimum absolute atomic E-state index is 0.00480. The number of ether oxygens (including phenoxy) is 1. The van der Waals surface area contributed by atoms with Crippen LogP contribution in [0.3, 0.4) is 0 Å². The van der Waals surface area contributed by atoms with E-state index in [1.54, 1.807) is 0 Å². The lowest BCUT2D eigenvalue weighted by molar-refractivity contribution is -0.146. The molecule has 0 aromatic heterocycles. The average molecular weight is 183 g/mol. The first-order valence-corrected chi connectivity index (χ1v) is 4.76. The number of carbonyl (C=O) groups is 1. The Kier molecular flexibility index (Phi) is 3.96. The summed E-state index contributed by atoms with van der Waals surface area (Å²) in [6, 6.07) is 0. The summed E-state index contributed by atoms with van der Waals surface area (Å²) >= 11 is 0. The second-order valence-corrected chi connectivity index (χ2v) is 3.53. The van der Waals surface area contributed by atoms with Gasteiger partial charge in [-0.1, -0.05) is 11.6 Å². The molecule has 0 aromatic rings. The molecule has 1 rings (SSSR count). The Morgan fingerprint density at radius 3 is 3.00 bits per heavy atom. The van der Waals surface area contributed by atoms with Crippen molar-refractivity contribution in [1.82, 2.24) is 5.32 Å². The highest BCUT2D eigenvalue weighted by Gasteiger charge is 2.10. The summed E-state index contributed by atoms with van der Waals surface area (Å²) in [5, 5.41) is 3.20. The summed E-state index contributed by atoms with van der Waals surface area (Å²) in [4.78, 5) is 11.2. The van der Waals surface area contributed by atoms with Crippen molar-refractivity contribution < 1.29 is 9.53 Å². The van der Waals surface area contributed by atoms with Crippen molar-refractivity contribution in [2.45, 2.75) is 32.8 Å². The van der Waals surface area contributed by atoms with Gasteiger partial charge in [0.05, 0.1) is 12.5 Å². The van der Waals surface area contributed by atoms with Crippen LogP contribution in [0.15, 0.2) is 11.6 Å². The third-order valence-electron chi connectivity index (χ3n) is 1.90. The second kappa shape index (κ2) is 5.02. The van der Waals surface area contributed by atoms with Crippen LogP contribution in [-0.2, 0) is 9.53 Å². The van der Waals surface area contributed by atoms with Crippen LogP contribution >= 0.6 is 0 Å². The fourth-order valence-corrected chi connectivity index (χ4v) is 1.32. The summed E-state index contributed by atoms with van der Waals surface area (Å²) in [6.45, 7) is 5.59. The number of carbonyl (C=O) groups excluding carboxylic acids is 1. The Balaban J connectivity index is 2.30. The Labute approximate surface area is 79.2 Å². The molecule has 1 aliphatic heterocycles. The predicted molar refractivity (Wildman–Crippen MR) is 51.4 cm³/mol. The van der Waals surface area contributed by atoms with Crippen LogP contribution in [0.4, 0.5) is 0 Å². The molecule has 13 heavy (non-hydrogen) atoms. The molecule has 0 aromatic carbocycles. The van der Waals surface area contributed by atoms with Crippen LogP contribution in [0.2, 0.25) is 0 Å². The quantitative estimate of drug-likeness (QED) is 0.528. The molecule has 0 bridgehead atoms. The van der Waals surface area contributed by atoms with Gasteiger partial charge in [0, 0.05) is 6.54 Å². The van der Waals surface area contributed by atoms with E-state index in [0.29, 0.717) is 6.42 Å². The van der Waals surface area contributed by atoms with E-state index in [4.69, 9.17) is 4.74 Å². The smallest absolute Gasteiger partial charge is 0.310 e. The zero-order valence-corrected chi connectivity index (χ0v) is 8.30. The number of hydrogen-bond acceptors (Lipinski definition) is 3. The van der Waals surface area contributed by atoms with Gasteiger partial charge in [-0.15, -0.1) is 0 Å². The molecule has 0 amide bonds. The zero-order chi connectivity index (χ0) is 9.68. The first-order valence-electron chi connectivity index (χ1n) is 4.76. The molecule has 0 fully saturated rings. The SMILES string of the molecule is CC(C)OC(=O)CC1=CCNCC1. The van der Waals surface area contributed by atoms with Gasteiger partial charge in [-0.25, -0.2) is 0 Å². The van der Waals surface area contributed by atoms with Crippen LogP contribution in [-0.4, -0.2) is 25.2 Å². The molecule has 0 aliphatic carbocycles. The monoisotopic (exact) mass is 183 g/mol. The van der Waals surface area contributed by atoms with Gasteiger partial charge < -0.3 is 10.1 Å². The highest BCUT2D eigenvalue weighted by atomic mass is 16.5. The Morgan fingerprint density at radius 2 is 2.46 bits per heavy atom. The molecule has 0 spiro atoms. The van der Waals surface area contributed by atoms with Gasteiger partial charge in [0.15, 0.2) is 0 Å². The molecule has 74 valence electrons. The van der Waals surface area contributed by atoms with E-state index >= 15 is 0 Å². The fourth-order valence-electron chi connectivity index (χ4n) is 1.32. The van der Waals surface area contributed by atoms with E-state index in [1.807, 2.05) is 13.8 Å². The van der Waals surface area contributed by atoms with Crippen LogP contribution < -0.4 is 5.32 Å². The van der Waals surface area contributed by atoms with Crippen molar-refractivity contribution in [2.75, 3.05) is 13.1 Å². The summed E-state index contributed by atoms with van der Waals surface area (Å²) in [7, 11) is 0. The maximum Gasteiger partial charge on any atom is 0.310 e. The summed E-state index contributed by atoms with van der Waals surface area (Å²) in [5.41, 5.74) is 1.20. The highest BCUT2D eigenvalue weighted by molar-refractivity contribution is 5.72. The molecule has 3 heteroatoms. The highest BCUT2D eigenvalue weighted by Crippen LogP contribution is 2.10. The Morgan fingerprint density at radius 1 is 1.69 bits per heavy atom. The summed E-state index contributed by atoms with van der Waals surface area (Å²) < 4.78 is 5.05. The van der Waals surface area contributed by atoms with Crippen LogP contribution in [0.1, 0.15) is 26.7 Å². The van der Waals surface area contributed by atoms with E-state index in [9.17, 15) is 4.79 Å². The molecule has 0 radical (unpaired) electrons. The van der Waals surface area contributed by atoms with E-state index < -0.39 is 0 Å². The lowest BCUT2D eigenvalue weighted by Crippen LogP contribution is -2.22. The van der Waals surface area contributed by atoms with Crippen LogP contribution in [0, 0.1) is 0 Å². The Bertz CT molecular complexity index is 209. The van der Waals surface area contributed by atoms with Gasteiger partial charge in [0.25, 0.3) is 0 Å².